The molecule has 1 unspecified atom stereocenters. The fourth-order valence-electron chi connectivity index (χ4n) is 5.76. The second kappa shape index (κ2) is 14.9. The molecule has 2 fully saturated rings. The summed E-state index contributed by atoms with van der Waals surface area (Å²) in [5.41, 5.74) is 8.81. The molecule has 4 N–H and O–H groups in total. The van der Waals surface area contributed by atoms with E-state index in [0.29, 0.717) is 54.0 Å². The largest absolute Gasteiger partial charge is 0.461 e. The van der Waals surface area contributed by atoms with Crippen molar-refractivity contribution in [2.75, 3.05) is 17.6 Å². The van der Waals surface area contributed by atoms with E-state index in [1.165, 1.54) is 4.90 Å². The monoisotopic (exact) mass is 668 g/mol. The lowest BCUT2D eigenvalue weighted by molar-refractivity contribution is -0.156. The Morgan fingerprint density at radius 3 is 2.39 bits per heavy atom. The van der Waals surface area contributed by atoms with Crippen molar-refractivity contribution in [3.63, 3.8) is 0 Å². The Hall–Kier alpha value is -3.60. The number of anilines is 2. The van der Waals surface area contributed by atoms with Crippen LogP contribution in [-0.4, -0.2) is 57.3 Å². The van der Waals surface area contributed by atoms with E-state index in [0.717, 1.165) is 42.4 Å². The summed E-state index contributed by atoms with van der Waals surface area (Å²) in [6.07, 6.45) is 6.11. The number of halogens is 2. The fourth-order valence-corrected chi connectivity index (χ4v) is 6.29. The molecule has 0 spiro atoms. The average molecular weight is 670 g/mol. The van der Waals surface area contributed by atoms with Crippen molar-refractivity contribution >= 4 is 46.9 Å². The molecule has 2 heterocycles. The lowest BCUT2D eigenvalue weighted by Gasteiger charge is -2.39. The van der Waals surface area contributed by atoms with E-state index >= 15 is 0 Å². The van der Waals surface area contributed by atoms with Crippen LogP contribution in [0.1, 0.15) is 70.4 Å². The molecule has 2 atom stereocenters. The second-order valence-corrected chi connectivity index (χ2v) is 13.7. The standard InChI is InChI=1S/C34H42Cl2N6O4/c1-34(2,3)46-33(44)42-16-15-23(17-29(42)32(43)45-24-7-4-5-8-24)38-18-21-11-13-22(14-12-21)28-20-39-30(37)31(41-28)40-19-25-26(35)9-6-10-27(25)36/h6,9-14,20,23-24,29,38H,4-5,7-8,15-19H2,1-3H3,(H2,37,39)(H,40,41)/t23?,29-/m1/s1. The van der Waals surface area contributed by atoms with Crippen LogP contribution in [0.4, 0.5) is 16.4 Å². The third-order valence-corrected chi connectivity index (χ3v) is 8.94. The predicted molar refractivity (Wildman–Crippen MR) is 181 cm³/mol. The summed E-state index contributed by atoms with van der Waals surface area (Å²) in [5.74, 6) is 0.371. The molecule has 3 aromatic rings. The zero-order chi connectivity index (χ0) is 32.8. The van der Waals surface area contributed by atoms with Gasteiger partial charge in [0.1, 0.15) is 17.7 Å². The molecule has 1 aliphatic heterocycles. The number of carbonyl (C=O) groups excluding carboxylic acids is 2. The summed E-state index contributed by atoms with van der Waals surface area (Å²) in [7, 11) is 0. The van der Waals surface area contributed by atoms with Gasteiger partial charge in [-0.25, -0.2) is 19.6 Å². The SMILES string of the molecule is CC(C)(C)OC(=O)N1CCC(NCc2ccc(-c3cnc(N)c(NCc4c(Cl)cccc4Cl)n3)cc2)C[C@@H]1C(=O)OC1CCCC1. The molecule has 2 aromatic carbocycles. The number of carbonyl (C=O) groups is 2. The molecule has 2 aliphatic rings. The first-order valence-corrected chi connectivity index (χ1v) is 16.5. The maximum atomic E-state index is 13.3. The van der Waals surface area contributed by atoms with Crippen molar-refractivity contribution in [2.24, 2.45) is 0 Å². The van der Waals surface area contributed by atoms with E-state index in [2.05, 4.69) is 20.6 Å². The number of aromatic nitrogens is 2. The first-order valence-electron chi connectivity index (χ1n) is 15.8. The van der Waals surface area contributed by atoms with Crippen molar-refractivity contribution in [1.29, 1.82) is 0 Å². The summed E-state index contributed by atoms with van der Waals surface area (Å²) < 4.78 is 11.5. The number of ether oxygens (including phenoxy) is 2. The number of rotatable bonds is 9. The van der Waals surface area contributed by atoms with Crippen LogP contribution in [-0.2, 0) is 27.4 Å². The van der Waals surface area contributed by atoms with Gasteiger partial charge in [-0.1, -0.05) is 53.5 Å². The first kappa shape index (κ1) is 33.8. The minimum Gasteiger partial charge on any atom is -0.461 e. The number of amides is 1. The van der Waals surface area contributed by atoms with Crippen molar-refractivity contribution < 1.29 is 19.1 Å². The number of nitrogen functional groups attached to an aromatic ring is 1. The van der Waals surface area contributed by atoms with Gasteiger partial charge in [-0.05, 0) is 77.0 Å². The molecule has 12 heteroatoms. The molecular formula is C34H42Cl2N6O4. The zero-order valence-corrected chi connectivity index (χ0v) is 28.0. The Morgan fingerprint density at radius 1 is 1.02 bits per heavy atom. The van der Waals surface area contributed by atoms with Crippen LogP contribution in [0.15, 0.2) is 48.7 Å². The summed E-state index contributed by atoms with van der Waals surface area (Å²) in [6, 6.07) is 12.7. The van der Waals surface area contributed by atoms with E-state index < -0.39 is 17.7 Å². The van der Waals surface area contributed by atoms with Gasteiger partial charge in [0.15, 0.2) is 11.6 Å². The number of hydrogen-bond donors (Lipinski definition) is 3. The highest BCUT2D eigenvalue weighted by Gasteiger charge is 2.40. The number of nitrogens with zero attached hydrogens (tertiary/aromatic N) is 3. The van der Waals surface area contributed by atoms with Crippen LogP contribution in [0.2, 0.25) is 10.0 Å². The smallest absolute Gasteiger partial charge is 0.411 e. The first-order chi connectivity index (χ1) is 22.0. The van der Waals surface area contributed by atoms with E-state index in [4.69, 9.17) is 38.4 Å². The topological polar surface area (TPSA) is 132 Å². The summed E-state index contributed by atoms with van der Waals surface area (Å²) in [5, 5.41) is 7.89. The van der Waals surface area contributed by atoms with Gasteiger partial charge in [0.05, 0.1) is 11.9 Å². The normalized spacial score (nSPS) is 18.8. The lowest BCUT2D eigenvalue weighted by Crippen LogP contribution is -2.55. The molecule has 0 bridgehead atoms. The molecule has 0 radical (unpaired) electrons. The number of likely N-dealkylation sites (tertiary alicyclic amines) is 1. The lowest BCUT2D eigenvalue weighted by atomic mass is 9.97. The Labute approximate surface area is 280 Å². The van der Waals surface area contributed by atoms with Gasteiger partial charge in [0, 0.05) is 46.8 Å². The zero-order valence-electron chi connectivity index (χ0n) is 26.5. The van der Waals surface area contributed by atoms with Gasteiger partial charge in [-0.15, -0.1) is 0 Å². The molecule has 1 aliphatic carbocycles. The van der Waals surface area contributed by atoms with Gasteiger partial charge >= 0.3 is 12.1 Å². The van der Waals surface area contributed by atoms with Gasteiger partial charge in [0.25, 0.3) is 0 Å². The highest BCUT2D eigenvalue weighted by atomic mass is 35.5. The number of nitrogens with one attached hydrogen (secondary N) is 2. The van der Waals surface area contributed by atoms with Crippen molar-refractivity contribution in [3.8, 4) is 11.3 Å². The summed E-state index contributed by atoms with van der Waals surface area (Å²) in [4.78, 5) is 36.8. The van der Waals surface area contributed by atoms with Crippen molar-refractivity contribution in [2.45, 2.75) is 96.2 Å². The van der Waals surface area contributed by atoms with E-state index in [-0.39, 0.29) is 23.9 Å². The third-order valence-electron chi connectivity index (χ3n) is 8.23. The van der Waals surface area contributed by atoms with E-state index in [1.807, 2.05) is 45.0 Å². The van der Waals surface area contributed by atoms with Gasteiger partial charge < -0.3 is 25.8 Å². The molecule has 1 saturated heterocycles. The molecular weight excluding hydrogens is 627 g/mol. The number of nitrogens with two attached hydrogens (primary N) is 1. The minimum atomic E-state index is -0.690. The molecule has 1 amide bonds. The van der Waals surface area contributed by atoms with Gasteiger partial charge in [0.2, 0.25) is 0 Å². The third kappa shape index (κ3) is 8.80. The molecule has 5 rings (SSSR count). The van der Waals surface area contributed by atoms with Crippen LogP contribution in [0, 0.1) is 0 Å². The molecule has 1 saturated carbocycles. The van der Waals surface area contributed by atoms with Crippen molar-refractivity contribution in [3.05, 3.63) is 69.8 Å². The quantitative estimate of drug-likeness (QED) is 0.206. The summed E-state index contributed by atoms with van der Waals surface area (Å²) in [6.45, 7) is 6.83. The Kier molecular flexibility index (Phi) is 10.9. The molecule has 10 nitrogen and oxygen atoms in total. The van der Waals surface area contributed by atoms with E-state index in [9.17, 15) is 9.59 Å². The predicted octanol–water partition coefficient (Wildman–Crippen LogP) is 6.99. The maximum Gasteiger partial charge on any atom is 0.411 e. The Morgan fingerprint density at radius 2 is 1.72 bits per heavy atom. The maximum absolute atomic E-state index is 13.3. The Bertz CT molecular complexity index is 1500. The van der Waals surface area contributed by atoms with Crippen LogP contribution in [0.25, 0.3) is 11.3 Å². The number of esters is 1. The van der Waals surface area contributed by atoms with Gasteiger partial charge in [-0.3, -0.25) is 4.90 Å². The molecule has 246 valence electrons. The minimum absolute atomic E-state index is 0.0303. The van der Waals surface area contributed by atoms with Crippen LogP contribution in [0.5, 0.6) is 0 Å². The number of benzene rings is 2. The fraction of sp³-hybridized carbons (Fsp3) is 0.471. The van der Waals surface area contributed by atoms with Crippen LogP contribution >= 0.6 is 23.2 Å². The van der Waals surface area contributed by atoms with E-state index in [1.54, 1.807) is 24.4 Å². The van der Waals surface area contributed by atoms with Crippen molar-refractivity contribution in [1.82, 2.24) is 20.2 Å². The summed E-state index contributed by atoms with van der Waals surface area (Å²) >= 11 is 12.6. The van der Waals surface area contributed by atoms with Crippen LogP contribution in [0.3, 0.4) is 0 Å². The Balaban J connectivity index is 1.20. The highest BCUT2D eigenvalue weighted by molar-refractivity contribution is 6.36. The number of hydrogen-bond acceptors (Lipinski definition) is 9. The second-order valence-electron chi connectivity index (χ2n) is 12.9. The molecule has 46 heavy (non-hydrogen) atoms. The average Bonchev–Trinajstić information content (AvgIpc) is 3.53. The highest BCUT2D eigenvalue weighted by Crippen LogP contribution is 2.28. The molecule has 1 aromatic heterocycles. The van der Waals surface area contributed by atoms with Crippen LogP contribution < -0.4 is 16.4 Å². The number of piperidine rings is 1. The van der Waals surface area contributed by atoms with Gasteiger partial charge in [-0.2, -0.15) is 0 Å².